The molecule has 15 heteroatoms. The molecular formula is C17H27N5O9S. The van der Waals surface area contributed by atoms with E-state index in [1.165, 1.54) is 25.8 Å². The van der Waals surface area contributed by atoms with Gasteiger partial charge in [-0.15, -0.1) is 4.28 Å². The highest BCUT2D eigenvalue weighted by Crippen LogP contribution is 2.44. The van der Waals surface area contributed by atoms with Crippen LogP contribution in [0.3, 0.4) is 0 Å². The van der Waals surface area contributed by atoms with Gasteiger partial charge >= 0.3 is 28.4 Å². The van der Waals surface area contributed by atoms with Crippen LogP contribution in [0.1, 0.15) is 44.1 Å². The molecule has 3 rings (SSSR count). The zero-order valence-electron chi connectivity index (χ0n) is 18.2. The van der Waals surface area contributed by atoms with Gasteiger partial charge in [-0.25, -0.2) is 9.59 Å². The topological polar surface area (TPSA) is 172 Å². The number of aromatic nitrogens is 2. The number of carboxylic acid groups (broad SMARTS) is 1. The first-order valence-corrected chi connectivity index (χ1v) is 11.2. The molecule has 2 aliphatic heterocycles. The molecule has 32 heavy (non-hydrogen) atoms. The second kappa shape index (κ2) is 10.2. The molecule has 2 aliphatic rings. The number of aliphatic carboxylic acids is 1. The number of ether oxygens (including phenoxy) is 1. The fourth-order valence-electron chi connectivity index (χ4n) is 3.53. The van der Waals surface area contributed by atoms with Gasteiger partial charge in [0.25, 0.3) is 0 Å². The summed E-state index contributed by atoms with van der Waals surface area (Å²) < 4.78 is 40.8. The molecule has 1 fully saturated rings. The number of rotatable bonds is 8. The van der Waals surface area contributed by atoms with Crippen LogP contribution in [0, 0.1) is 0 Å². The van der Waals surface area contributed by atoms with Gasteiger partial charge in [0, 0.05) is 11.8 Å². The van der Waals surface area contributed by atoms with Crippen LogP contribution < -0.4 is 0 Å². The second-order valence-corrected chi connectivity index (χ2v) is 7.89. The van der Waals surface area contributed by atoms with Gasteiger partial charge in [0.1, 0.15) is 18.3 Å². The molecule has 1 saturated heterocycles. The van der Waals surface area contributed by atoms with E-state index in [1.54, 1.807) is 0 Å². The van der Waals surface area contributed by atoms with Crippen LogP contribution in [0.25, 0.3) is 0 Å². The van der Waals surface area contributed by atoms with Crippen molar-refractivity contribution in [1.29, 1.82) is 0 Å². The average Bonchev–Trinajstić information content (AvgIpc) is 3.24. The van der Waals surface area contributed by atoms with Crippen molar-refractivity contribution in [3.05, 3.63) is 17.5 Å². The zero-order chi connectivity index (χ0) is 24.2. The average molecular weight is 477 g/mol. The highest BCUT2D eigenvalue weighted by atomic mass is 32.3. The van der Waals surface area contributed by atoms with Crippen molar-refractivity contribution in [1.82, 2.24) is 24.6 Å². The van der Waals surface area contributed by atoms with E-state index in [-0.39, 0.29) is 17.8 Å². The third-order valence-corrected chi connectivity index (χ3v) is 5.42. The third-order valence-electron chi connectivity index (χ3n) is 5.07. The van der Waals surface area contributed by atoms with Gasteiger partial charge < -0.3 is 19.6 Å². The summed E-state index contributed by atoms with van der Waals surface area (Å²) >= 11 is 0. The number of methoxy groups -OCH3 is 1. The van der Waals surface area contributed by atoms with Crippen LogP contribution in [-0.4, -0.2) is 94.0 Å². The molecule has 2 unspecified atom stereocenters. The molecule has 0 spiro atoms. The lowest BCUT2D eigenvalue weighted by Gasteiger charge is -2.27. The predicted molar refractivity (Wildman–Crippen MR) is 107 cm³/mol. The number of carboxylic acids is 1. The van der Waals surface area contributed by atoms with Crippen LogP contribution in [-0.2, 0) is 35.6 Å². The molecular weight excluding hydrogens is 450 g/mol. The van der Waals surface area contributed by atoms with Crippen LogP contribution in [0.5, 0.6) is 0 Å². The Labute approximate surface area is 185 Å². The molecule has 0 saturated carbocycles. The lowest BCUT2D eigenvalue weighted by Crippen LogP contribution is -2.39. The van der Waals surface area contributed by atoms with Crippen molar-refractivity contribution in [2.75, 3.05) is 33.3 Å². The Morgan fingerprint density at radius 2 is 1.84 bits per heavy atom. The molecule has 2 atom stereocenters. The molecule has 2 amide bonds. The molecule has 3 heterocycles. The Morgan fingerprint density at radius 1 is 1.25 bits per heavy atom. The van der Waals surface area contributed by atoms with Gasteiger partial charge in [-0.05, 0) is 19.6 Å². The van der Waals surface area contributed by atoms with Crippen LogP contribution in [0.15, 0.2) is 6.20 Å². The predicted octanol–water partition coefficient (Wildman–Crippen LogP) is 0.0566. The van der Waals surface area contributed by atoms with E-state index in [2.05, 4.69) is 39.8 Å². The van der Waals surface area contributed by atoms with Crippen molar-refractivity contribution < 1.29 is 41.5 Å². The number of fused-ring (bicyclic) bond motifs is 4. The maximum absolute atomic E-state index is 12.3. The van der Waals surface area contributed by atoms with E-state index in [0.29, 0.717) is 5.06 Å². The summed E-state index contributed by atoms with van der Waals surface area (Å²) in [5.74, 6) is -2.04. The van der Waals surface area contributed by atoms with Gasteiger partial charge in [-0.2, -0.15) is 18.6 Å². The van der Waals surface area contributed by atoms with Gasteiger partial charge in [0.2, 0.25) is 0 Å². The number of esters is 1. The van der Waals surface area contributed by atoms with Gasteiger partial charge in [0.05, 0.1) is 13.7 Å². The fourth-order valence-corrected chi connectivity index (χ4v) is 3.90. The highest BCUT2D eigenvalue weighted by Gasteiger charge is 2.54. The minimum Gasteiger partial charge on any atom is -0.480 e. The number of hydrogen-bond acceptors (Lipinski definition) is 9. The first-order chi connectivity index (χ1) is 15.0. The normalized spacial score (nSPS) is 19.5. The van der Waals surface area contributed by atoms with E-state index in [0.717, 1.165) is 16.7 Å². The van der Waals surface area contributed by atoms with Crippen LogP contribution in [0.2, 0.25) is 0 Å². The Bertz CT molecular complexity index is 954. The molecule has 180 valence electrons. The smallest absolute Gasteiger partial charge is 0.418 e. The van der Waals surface area contributed by atoms with Crippen molar-refractivity contribution in [2.24, 2.45) is 0 Å². The standard InChI is InChI=1S/C11H12N4O9S.C6H15N/c1-23-10(18)9-8-5(2-13(12-8)4-7(16)17)6-3-14(9)11(19)15(6)24-25(20,21)22;1-4-7(5-2)6-3/h2,6,9H,3-4H2,1H3,(H,16,17)(H,20,21,22);4-6H2,1-3H3. The summed E-state index contributed by atoms with van der Waals surface area (Å²) in [7, 11) is -3.90. The molecule has 0 aromatic carbocycles. The van der Waals surface area contributed by atoms with E-state index in [4.69, 9.17) is 9.66 Å². The third kappa shape index (κ3) is 5.53. The Morgan fingerprint density at radius 3 is 2.28 bits per heavy atom. The molecule has 0 radical (unpaired) electrons. The molecule has 2 bridgehead atoms. The van der Waals surface area contributed by atoms with E-state index in [9.17, 15) is 22.8 Å². The Hall–Kier alpha value is -2.75. The Kier molecular flexibility index (Phi) is 8.17. The number of carbonyl (C=O) groups is 3. The van der Waals surface area contributed by atoms with Crippen molar-refractivity contribution in [3.63, 3.8) is 0 Å². The fraction of sp³-hybridized carbons (Fsp3) is 0.647. The lowest BCUT2D eigenvalue weighted by atomic mass is 9.98. The van der Waals surface area contributed by atoms with Gasteiger partial charge in [-0.3, -0.25) is 14.0 Å². The molecule has 0 aliphatic carbocycles. The number of carbonyl (C=O) groups excluding carboxylic acids is 2. The first kappa shape index (κ1) is 25.5. The molecule has 2 N–H and O–H groups in total. The van der Waals surface area contributed by atoms with Crippen molar-refractivity contribution in [3.8, 4) is 0 Å². The Balaban J connectivity index is 0.000000451. The van der Waals surface area contributed by atoms with Gasteiger partial charge in [0.15, 0.2) is 6.04 Å². The monoisotopic (exact) mass is 477 g/mol. The number of amides is 2. The van der Waals surface area contributed by atoms with Crippen molar-refractivity contribution >= 4 is 28.4 Å². The number of hydrogen-bond donors (Lipinski definition) is 2. The number of urea groups is 1. The van der Waals surface area contributed by atoms with Gasteiger partial charge in [-0.1, -0.05) is 20.8 Å². The number of nitrogens with zero attached hydrogens (tertiary/aromatic N) is 5. The van der Waals surface area contributed by atoms with Crippen LogP contribution in [0.4, 0.5) is 4.79 Å². The molecule has 14 nitrogen and oxygen atoms in total. The maximum atomic E-state index is 12.3. The summed E-state index contributed by atoms with van der Waals surface area (Å²) in [6.45, 7) is 9.47. The lowest BCUT2D eigenvalue weighted by molar-refractivity contribution is -0.146. The van der Waals surface area contributed by atoms with E-state index in [1.807, 2.05) is 0 Å². The van der Waals surface area contributed by atoms with E-state index < -0.39 is 47.0 Å². The summed E-state index contributed by atoms with van der Waals surface area (Å²) in [5.41, 5.74) is 0.251. The quantitative estimate of drug-likeness (QED) is 0.383. The minimum atomic E-state index is -5.00. The summed E-state index contributed by atoms with van der Waals surface area (Å²) in [4.78, 5) is 38.6. The summed E-state index contributed by atoms with van der Waals surface area (Å²) in [6.07, 6.45) is 1.26. The largest absolute Gasteiger partial charge is 0.480 e. The SMILES string of the molecule is CCN(CC)CC.COC(=O)C1c2nn(CC(=O)O)cc2C2CN1C(=O)N2OS(=O)(=O)O. The summed E-state index contributed by atoms with van der Waals surface area (Å²) in [6, 6.07) is -3.29. The maximum Gasteiger partial charge on any atom is 0.418 e. The molecule has 1 aromatic heterocycles. The zero-order valence-corrected chi connectivity index (χ0v) is 19.0. The minimum absolute atomic E-state index is 0.0409. The van der Waals surface area contributed by atoms with E-state index >= 15 is 0 Å². The molecule has 1 aromatic rings. The van der Waals surface area contributed by atoms with Crippen LogP contribution >= 0.6 is 0 Å². The number of hydroxylamine groups is 2. The second-order valence-electron chi connectivity index (χ2n) is 6.88. The highest BCUT2D eigenvalue weighted by molar-refractivity contribution is 7.80. The summed E-state index contributed by atoms with van der Waals surface area (Å²) in [5, 5.41) is 13.3. The van der Waals surface area contributed by atoms with Crippen molar-refractivity contribution in [2.45, 2.75) is 39.4 Å². The first-order valence-electron chi connectivity index (χ1n) is 9.83.